The van der Waals surface area contributed by atoms with Crippen LogP contribution in [0.25, 0.3) is 0 Å². The zero-order valence-corrected chi connectivity index (χ0v) is 8.30. The molecule has 0 unspecified atom stereocenters. The molecule has 0 saturated carbocycles. The van der Waals surface area contributed by atoms with E-state index in [-0.39, 0.29) is 0 Å². The number of benzene rings is 1. The Labute approximate surface area is 83.5 Å². The molecule has 0 spiro atoms. The molecule has 0 aliphatic carbocycles. The third-order valence-electron chi connectivity index (χ3n) is 2.04. The van der Waals surface area contributed by atoms with Crippen LogP contribution in [0.2, 0.25) is 0 Å². The van der Waals surface area contributed by atoms with Gasteiger partial charge in [-0.3, -0.25) is 0 Å². The van der Waals surface area contributed by atoms with E-state index in [4.69, 9.17) is 9.84 Å². The fourth-order valence-electron chi connectivity index (χ4n) is 1.46. The number of rotatable bonds is 1. The van der Waals surface area contributed by atoms with Crippen molar-refractivity contribution in [1.82, 2.24) is 0 Å². The fraction of sp³-hybridized carbons (Fsp3) is 0.222. The summed E-state index contributed by atoms with van der Waals surface area (Å²) in [6.07, 6.45) is 0.677. The standard InChI is InChI=1S/C9H7BrO3/c10-7-2-1-6(9(11)12)5-3-4-13-8(5)7/h1-2H,3-4H2,(H,11,12). The van der Waals surface area contributed by atoms with Crippen molar-refractivity contribution in [1.29, 1.82) is 0 Å². The molecule has 1 aliphatic rings. The van der Waals surface area contributed by atoms with Crippen molar-refractivity contribution in [2.24, 2.45) is 0 Å². The summed E-state index contributed by atoms with van der Waals surface area (Å²) in [7, 11) is 0. The first-order valence-electron chi connectivity index (χ1n) is 3.87. The van der Waals surface area contributed by atoms with Crippen LogP contribution in [0.15, 0.2) is 16.6 Å². The molecule has 0 bridgehead atoms. The lowest BCUT2D eigenvalue weighted by atomic mass is 10.1. The van der Waals surface area contributed by atoms with Crippen LogP contribution in [-0.2, 0) is 6.42 Å². The Bertz CT molecular complexity index is 373. The van der Waals surface area contributed by atoms with Crippen LogP contribution in [0.5, 0.6) is 5.75 Å². The van der Waals surface area contributed by atoms with Crippen molar-refractivity contribution in [2.75, 3.05) is 6.61 Å². The van der Waals surface area contributed by atoms with Gasteiger partial charge in [-0.1, -0.05) is 0 Å². The highest BCUT2D eigenvalue weighted by Crippen LogP contribution is 2.35. The Morgan fingerprint density at radius 3 is 3.00 bits per heavy atom. The molecule has 3 nitrogen and oxygen atoms in total. The molecular formula is C9H7BrO3. The van der Waals surface area contributed by atoms with Gasteiger partial charge in [-0.25, -0.2) is 4.79 Å². The Morgan fingerprint density at radius 2 is 2.31 bits per heavy atom. The minimum atomic E-state index is -0.894. The molecule has 0 saturated heterocycles. The highest BCUT2D eigenvalue weighted by atomic mass is 79.9. The minimum Gasteiger partial charge on any atom is -0.492 e. The van der Waals surface area contributed by atoms with Crippen molar-refractivity contribution in [3.63, 3.8) is 0 Å². The molecule has 68 valence electrons. The molecule has 1 aromatic rings. The van der Waals surface area contributed by atoms with Gasteiger partial charge in [0.25, 0.3) is 0 Å². The lowest BCUT2D eigenvalue weighted by Gasteiger charge is -2.04. The molecule has 1 aliphatic heterocycles. The number of halogens is 1. The van der Waals surface area contributed by atoms with Gasteiger partial charge in [-0.05, 0) is 28.1 Å². The number of ether oxygens (including phenoxy) is 1. The summed E-state index contributed by atoms with van der Waals surface area (Å²) in [5.41, 5.74) is 1.14. The smallest absolute Gasteiger partial charge is 0.336 e. The summed E-state index contributed by atoms with van der Waals surface area (Å²) in [6, 6.07) is 3.30. The minimum absolute atomic E-state index is 0.343. The van der Waals surface area contributed by atoms with E-state index in [2.05, 4.69) is 15.9 Å². The van der Waals surface area contributed by atoms with Crippen LogP contribution in [0, 0.1) is 0 Å². The van der Waals surface area contributed by atoms with Gasteiger partial charge in [0.05, 0.1) is 16.6 Å². The molecule has 4 heteroatoms. The van der Waals surface area contributed by atoms with Crippen LogP contribution in [-0.4, -0.2) is 17.7 Å². The number of hydrogen-bond donors (Lipinski definition) is 1. The molecule has 1 N–H and O–H groups in total. The van der Waals surface area contributed by atoms with E-state index in [1.165, 1.54) is 0 Å². The van der Waals surface area contributed by atoms with Crippen LogP contribution >= 0.6 is 15.9 Å². The third kappa shape index (κ3) is 1.31. The third-order valence-corrected chi connectivity index (χ3v) is 2.67. The van der Waals surface area contributed by atoms with Gasteiger partial charge in [0.2, 0.25) is 0 Å². The average molecular weight is 243 g/mol. The summed E-state index contributed by atoms with van der Waals surface area (Å²) in [5, 5.41) is 8.87. The quantitative estimate of drug-likeness (QED) is 0.821. The molecule has 0 aromatic heterocycles. The molecule has 0 atom stereocenters. The second kappa shape index (κ2) is 3.03. The van der Waals surface area contributed by atoms with E-state index in [0.717, 1.165) is 10.0 Å². The number of fused-ring (bicyclic) bond motifs is 1. The number of carboxylic acid groups (broad SMARTS) is 1. The summed E-state index contributed by atoms with van der Waals surface area (Å²) in [6.45, 7) is 0.568. The number of aromatic carboxylic acids is 1. The van der Waals surface area contributed by atoms with Crippen molar-refractivity contribution in [2.45, 2.75) is 6.42 Å². The zero-order chi connectivity index (χ0) is 9.42. The lowest BCUT2D eigenvalue weighted by Crippen LogP contribution is -2.00. The molecule has 13 heavy (non-hydrogen) atoms. The van der Waals surface area contributed by atoms with E-state index < -0.39 is 5.97 Å². The molecule has 0 amide bonds. The molecule has 0 radical (unpaired) electrons. The predicted octanol–water partition coefficient (Wildman–Crippen LogP) is 2.08. The van der Waals surface area contributed by atoms with Crippen molar-refractivity contribution in [3.8, 4) is 5.75 Å². The van der Waals surface area contributed by atoms with Gasteiger partial charge < -0.3 is 9.84 Å². The summed E-state index contributed by atoms with van der Waals surface area (Å²) in [4.78, 5) is 10.8. The van der Waals surface area contributed by atoms with Gasteiger partial charge in [-0.15, -0.1) is 0 Å². The van der Waals surface area contributed by atoms with E-state index in [0.29, 0.717) is 24.3 Å². The first-order valence-corrected chi connectivity index (χ1v) is 4.67. The maximum atomic E-state index is 10.8. The Kier molecular flexibility index (Phi) is 2.00. The highest BCUT2D eigenvalue weighted by Gasteiger charge is 2.21. The van der Waals surface area contributed by atoms with E-state index in [1.54, 1.807) is 12.1 Å². The van der Waals surface area contributed by atoms with E-state index in [1.807, 2.05) is 0 Å². The van der Waals surface area contributed by atoms with Crippen LogP contribution in [0.3, 0.4) is 0 Å². The van der Waals surface area contributed by atoms with Crippen LogP contribution in [0.4, 0.5) is 0 Å². The number of carbonyl (C=O) groups is 1. The fourth-order valence-corrected chi connectivity index (χ4v) is 1.94. The normalized spacial score (nSPS) is 13.6. The first-order chi connectivity index (χ1) is 6.20. The van der Waals surface area contributed by atoms with Crippen LogP contribution in [0.1, 0.15) is 15.9 Å². The van der Waals surface area contributed by atoms with Crippen molar-refractivity contribution in [3.05, 3.63) is 27.7 Å². The van der Waals surface area contributed by atoms with Crippen molar-refractivity contribution >= 4 is 21.9 Å². The SMILES string of the molecule is O=C(O)c1ccc(Br)c2c1CCO2. The lowest BCUT2D eigenvalue weighted by molar-refractivity contribution is 0.0696. The molecular weight excluding hydrogens is 236 g/mol. The first kappa shape index (κ1) is 8.56. The zero-order valence-electron chi connectivity index (χ0n) is 6.71. The maximum Gasteiger partial charge on any atom is 0.336 e. The predicted molar refractivity (Wildman–Crippen MR) is 50.3 cm³/mol. The van der Waals surface area contributed by atoms with Gasteiger partial charge in [0, 0.05) is 12.0 Å². The van der Waals surface area contributed by atoms with E-state index in [9.17, 15) is 4.79 Å². The van der Waals surface area contributed by atoms with Gasteiger partial charge in [0.1, 0.15) is 5.75 Å². The Hall–Kier alpha value is -1.03. The van der Waals surface area contributed by atoms with E-state index >= 15 is 0 Å². The second-order valence-corrected chi connectivity index (χ2v) is 3.66. The van der Waals surface area contributed by atoms with Gasteiger partial charge in [-0.2, -0.15) is 0 Å². The van der Waals surface area contributed by atoms with Crippen LogP contribution < -0.4 is 4.74 Å². The largest absolute Gasteiger partial charge is 0.492 e. The van der Waals surface area contributed by atoms with Gasteiger partial charge in [0.15, 0.2) is 0 Å². The maximum absolute atomic E-state index is 10.8. The second-order valence-electron chi connectivity index (χ2n) is 2.81. The van der Waals surface area contributed by atoms with Crippen molar-refractivity contribution < 1.29 is 14.6 Å². The summed E-state index contributed by atoms with van der Waals surface area (Å²) in [5.74, 6) is -0.214. The monoisotopic (exact) mass is 242 g/mol. The summed E-state index contributed by atoms with van der Waals surface area (Å²) >= 11 is 3.31. The number of hydrogen-bond acceptors (Lipinski definition) is 2. The number of carboxylic acids is 1. The summed E-state index contributed by atoms with van der Waals surface area (Å²) < 4.78 is 6.13. The molecule has 1 heterocycles. The molecule has 1 aromatic carbocycles. The van der Waals surface area contributed by atoms with Gasteiger partial charge >= 0.3 is 5.97 Å². The topological polar surface area (TPSA) is 46.5 Å². The Balaban J connectivity index is 2.62. The Morgan fingerprint density at radius 1 is 1.54 bits per heavy atom. The highest BCUT2D eigenvalue weighted by molar-refractivity contribution is 9.10. The molecule has 2 rings (SSSR count). The average Bonchev–Trinajstić information content (AvgIpc) is 2.53. The molecule has 0 fully saturated rings.